The van der Waals surface area contributed by atoms with Crippen molar-refractivity contribution in [2.75, 3.05) is 0 Å². The van der Waals surface area contributed by atoms with Crippen LogP contribution in [0, 0.1) is 0 Å². The van der Waals surface area contributed by atoms with Crippen molar-refractivity contribution in [1.29, 1.82) is 0 Å². The van der Waals surface area contributed by atoms with Crippen molar-refractivity contribution in [3.8, 4) is 0 Å². The third-order valence-corrected chi connectivity index (χ3v) is 3.70. The monoisotopic (exact) mass is 282 g/mol. The van der Waals surface area contributed by atoms with Gasteiger partial charge in [0.05, 0.1) is 11.0 Å². The van der Waals surface area contributed by atoms with Gasteiger partial charge in [-0.05, 0) is 24.1 Å². The second kappa shape index (κ2) is 4.87. The van der Waals surface area contributed by atoms with Crippen molar-refractivity contribution in [2.45, 2.75) is 31.0 Å². The molecule has 0 spiro atoms. The Morgan fingerprint density at radius 3 is 2.81 bits per heavy atom. The maximum Gasteiger partial charge on any atom is 0.323 e. The average molecular weight is 283 g/mol. The molecule has 0 amide bonds. The van der Waals surface area contributed by atoms with Gasteiger partial charge in [-0.15, -0.1) is 0 Å². The number of rotatable bonds is 4. The summed E-state index contributed by atoms with van der Waals surface area (Å²) in [6.07, 6.45) is 3.53. The number of fused-ring (bicyclic) bond motifs is 1. The molecule has 1 unspecified atom stereocenters. The van der Waals surface area contributed by atoms with Gasteiger partial charge in [-0.2, -0.15) is 0 Å². The first kappa shape index (κ1) is 11.5. The molecule has 1 aromatic carbocycles. The molecule has 2 N–H and O–H groups in total. The van der Waals surface area contributed by atoms with E-state index < -0.39 is 0 Å². The van der Waals surface area contributed by atoms with E-state index >= 15 is 0 Å². The molecule has 0 aliphatic carbocycles. The molecule has 2 rings (SSSR count). The molecule has 4 heteroatoms. The van der Waals surface area contributed by atoms with E-state index in [1.807, 2.05) is 12.1 Å². The number of imidazole rings is 1. The van der Waals surface area contributed by atoms with Crippen LogP contribution in [0.3, 0.4) is 0 Å². The molecule has 0 bridgehead atoms. The van der Waals surface area contributed by atoms with E-state index in [-0.39, 0.29) is 5.69 Å². The van der Waals surface area contributed by atoms with Crippen molar-refractivity contribution in [3.05, 3.63) is 34.2 Å². The zero-order chi connectivity index (χ0) is 11.5. The highest BCUT2D eigenvalue weighted by molar-refractivity contribution is 9.09. The highest BCUT2D eigenvalue weighted by Crippen LogP contribution is 2.29. The van der Waals surface area contributed by atoms with Crippen LogP contribution in [0.25, 0.3) is 11.0 Å². The Bertz CT molecular complexity index is 529. The van der Waals surface area contributed by atoms with Gasteiger partial charge in [-0.1, -0.05) is 41.8 Å². The van der Waals surface area contributed by atoms with E-state index in [0.29, 0.717) is 4.83 Å². The summed E-state index contributed by atoms with van der Waals surface area (Å²) in [5.41, 5.74) is 2.82. The molecule has 1 aromatic heterocycles. The molecular formula is C12H15BrN2O. The number of nitrogens with one attached hydrogen (secondary N) is 2. The third kappa shape index (κ3) is 2.38. The van der Waals surface area contributed by atoms with Crippen LogP contribution in [0.1, 0.15) is 36.6 Å². The second-order valence-electron chi connectivity index (χ2n) is 3.99. The lowest BCUT2D eigenvalue weighted by atomic mass is 10.1. The van der Waals surface area contributed by atoms with Crippen molar-refractivity contribution < 1.29 is 0 Å². The van der Waals surface area contributed by atoms with Crippen LogP contribution in [-0.2, 0) is 0 Å². The summed E-state index contributed by atoms with van der Waals surface area (Å²) >= 11 is 3.68. The second-order valence-corrected chi connectivity index (χ2v) is 5.10. The van der Waals surface area contributed by atoms with E-state index in [0.717, 1.165) is 17.5 Å². The standard InChI is InChI=1S/C12H15BrN2O/c1-2-3-4-9(13)8-5-6-10-11(7-8)15-12(16)14-10/h5-7,9H,2-4H2,1H3,(H2,14,15,16). The number of aromatic nitrogens is 2. The maximum absolute atomic E-state index is 11.1. The number of benzene rings is 1. The van der Waals surface area contributed by atoms with Crippen LogP contribution in [0.4, 0.5) is 0 Å². The number of hydrogen-bond donors (Lipinski definition) is 2. The lowest BCUT2D eigenvalue weighted by Gasteiger charge is -2.09. The fraction of sp³-hybridized carbons (Fsp3) is 0.417. The Hall–Kier alpha value is -1.03. The molecule has 0 saturated heterocycles. The van der Waals surface area contributed by atoms with Crippen LogP contribution in [0.15, 0.2) is 23.0 Å². The summed E-state index contributed by atoms with van der Waals surface area (Å²) in [5.74, 6) is 0. The predicted octanol–water partition coefficient (Wildman–Crippen LogP) is 3.48. The van der Waals surface area contributed by atoms with E-state index in [1.54, 1.807) is 0 Å². The lowest BCUT2D eigenvalue weighted by molar-refractivity contribution is 0.713. The maximum atomic E-state index is 11.1. The number of hydrogen-bond acceptors (Lipinski definition) is 1. The van der Waals surface area contributed by atoms with Crippen LogP contribution in [-0.4, -0.2) is 9.97 Å². The molecule has 0 aliphatic heterocycles. The summed E-state index contributed by atoms with van der Waals surface area (Å²) in [6, 6.07) is 6.03. The van der Waals surface area contributed by atoms with E-state index in [4.69, 9.17) is 0 Å². The number of unbranched alkanes of at least 4 members (excludes halogenated alkanes) is 1. The topological polar surface area (TPSA) is 48.6 Å². The molecule has 1 heterocycles. The zero-order valence-corrected chi connectivity index (χ0v) is 10.8. The summed E-state index contributed by atoms with van der Waals surface area (Å²) in [4.78, 5) is 17.0. The molecule has 0 saturated carbocycles. The molecule has 16 heavy (non-hydrogen) atoms. The van der Waals surface area contributed by atoms with Crippen molar-refractivity contribution in [1.82, 2.24) is 9.97 Å². The van der Waals surface area contributed by atoms with Gasteiger partial charge in [0, 0.05) is 4.83 Å². The van der Waals surface area contributed by atoms with Crippen LogP contribution in [0.2, 0.25) is 0 Å². The largest absolute Gasteiger partial charge is 0.323 e. The third-order valence-electron chi connectivity index (χ3n) is 2.71. The normalized spacial score (nSPS) is 13.1. The van der Waals surface area contributed by atoms with Gasteiger partial charge in [0.25, 0.3) is 0 Å². The Morgan fingerprint density at radius 2 is 2.06 bits per heavy atom. The molecule has 2 aromatic rings. The smallest absolute Gasteiger partial charge is 0.306 e. The number of aromatic amines is 2. The van der Waals surface area contributed by atoms with Gasteiger partial charge in [0.15, 0.2) is 0 Å². The molecule has 3 nitrogen and oxygen atoms in total. The average Bonchev–Trinajstić information content (AvgIpc) is 2.64. The summed E-state index contributed by atoms with van der Waals surface area (Å²) < 4.78 is 0. The highest BCUT2D eigenvalue weighted by atomic mass is 79.9. The van der Waals surface area contributed by atoms with Crippen molar-refractivity contribution in [2.24, 2.45) is 0 Å². The molecular weight excluding hydrogens is 268 g/mol. The van der Waals surface area contributed by atoms with Gasteiger partial charge < -0.3 is 9.97 Å². The number of alkyl halides is 1. The molecule has 1 atom stereocenters. The van der Waals surface area contributed by atoms with E-state index in [1.165, 1.54) is 18.4 Å². The van der Waals surface area contributed by atoms with E-state index in [9.17, 15) is 4.79 Å². The highest BCUT2D eigenvalue weighted by Gasteiger charge is 2.08. The SMILES string of the molecule is CCCCC(Br)c1ccc2[nH]c(=O)[nH]c2c1. The fourth-order valence-corrected chi connectivity index (χ4v) is 2.40. The van der Waals surface area contributed by atoms with Gasteiger partial charge >= 0.3 is 5.69 Å². The fourth-order valence-electron chi connectivity index (χ4n) is 1.80. The Kier molecular flexibility index (Phi) is 3.49. The minimum absolute atomic E-state index is 0.146. The Balaban J connectivity index is 2.27. The first-order valence-electron chi connectivity index (χ1n) is 5.56. The quantitative estimate of drug-likeness (QED) is 0.829. The van der Waals surface area contributed by atoms with Crippen LogP contribution < -0.4 is 5.69 Å². The molecule has 86 valence electrons. The van der Waals surface area contributed by atoms with Gasteiger partial charge in [-0.25, -0.2) is 4.79 Å². The van der Waals surface area contributed by atoms with E-state index in [2.05, 4.69) is 38.9 Å². The van der Waals surface area contributed by atoms with Crippen molar-refractivity contribution >= 4 is 27.0 Å². The number of H-pyrrole nitrogens is 2. The Labute approximate surface area is 102 Å². The van der Waals surface area contributed by atoms with Gasteiger partial charge in [0.1, 0.15) is 0 Å². The van der Waals surface area contributed by atoms with Crippen molar-refractivity contribution in [3.63, 3.8) is 0 Å². The van der Waals surface area contributed by atoms with Crippen LogP contribution >= 0.6 is 15.9 Å². The van der Waals surface area contributed by atoms with Gasteiger partial charge in [-0.3, -0.25) is 0 Å². The lowest BCUT2D eigenvalue weighted by Crippen LogP contribution is -1.99. The minimum atomic E-state index is -0.146. The molecule has 0 radical (unpaired) electrons. The summed E-state index contributed by atoms with van der Waals surface area (Å²) in [7, 11) is 0. The van der Waals surface area contributed by atoms with Crippen LogP contribution in [0.5, 0.6) is 0 Å². The van der Waals surface area contributed by atoms with Gasteiger partial charge in [0.2, 0.25) is 0 Å². The summed E-state index contributed by atoms with van der Waals surface area (Å²) in [6.45, 7) is 2.19. The summed E-state index contributed by atoms with van der Waals surface area (Å²) in [5, 5.41) is 0. The molecule has 0 aliphatic rings. The minimum Gasteiger partial charge on any atom is -0.306 e. The predicted molar refractivity (Wildman–Crippen MR) is 70.1 cm³/mol. The molecule has 0 fully saturated rings. The first-order chi connectivity index (χ1) is 7.70. The number of halogens is 1. The first-order valence-corrected chi connectivity index (χ1v) is 6.48. The zero-order valence-electron chi connectivity index (χ0n) is 9.22. The Morgan fingerprint density at radius 1 is 1.31 bits per heavy atom.